The van der Waals surface area contributed by atoms with Crippen molar-refractivity contribution < 1.29 is 13.5 Å². The van der Waals surface area contributed by atoms with E-state index in [0.29, 0.717) is 65.2 Å². The third-order valence-electron chi connectivity index (χ3n) is 7.18. The van der Waals surface area contributed by atoms with Crippen molar-refractivity contribution in [2.45, 2.75) is 12.6 Å². The Kier molecular flexibility index (Phi) is 5.94. The van der Waals surface area contributed by atoms with Gasteiger partial charge in [0.05, 0.1) is 12.0 Å². The van der Waals surface area contributed by atoms with E-state index in [9.17, 15) is 9.18 Å². The first-order valence-electron chi connectivity index (χ1n) is 12.8. The number of nitrogen functional groups attached to an aromatic ring is 1. The van der Waals surface area contributed by atoms with Crippen LogP contribution in [0.3, 0.4) is 0 Å². The molecular formula is C25H26FN9O3S. The number of aromatic nitrogens is 5. The van der Waals surface area contributed by atoms with E-state index in [1.165, 1.54) is 10.6 Å². The summed E-state index contributed by atoms with van der Waals surface area (Å²) in [5.74, 6) is 1.31. The molecule has 12 nitrogen and oxygen atoms in total. The maximum Gasteiger partial charge on any atom is 0.309 e. The van der Waals surface area contributed by atoms with Gasteiger partial charge in [0.25, 0.3) is 0 Å². The van der Waals surface area contributed by atoms with E-state index in [2.05, 4.69) is 25.3 Å². The number of fused-ring (bicyclic) bond motifs is 3. The van der Waals surface area contributed by atoms with Crippen LogP contribution < -0.4 is 25.6 Å². The van der Waals surface area contributed by atoms with Crippen molar-refractivity contribution in [1.29, 1.82) is 0 Å². The van der Waals surface area contributed by atoms with Gasteiger partial charge in [-0.25, -0.2) is 9.37 Å². The summed E-state index contributed by atoms with van der Waals surface area (Å²) in [6.45, 7) is 5.56. The number of halogens is 1. The summed E-state index contributed by atoms with van der Waals surface area (Å²) in [5, 5.41) is 7.54. The van der Waals surface area contributed by atoms with Crippen LogP contribution >= 0.6 is 11.3 Å². The minimum atomic E-state index is -0.275. The Morgan fingerprint density at radius 1 is 1.13 bits per heavy atom. The minimum Gasteiger partial charge on any atom is -0.488 e. The number of anilines is 2. The molecule has 0 bridgehead atoms. The van der Waals surface area contributed by atoms with E-state index in [1.807, 2.05) is 11.0 Å². The summed E-state index contributed by atoms with van der Waals surface area (Å²) in [6.07, 6.45) is 1.66. The Bertz CT molecular complexity index is 1700. The highest BCUT2D eigenvalue weighted by Gasteiger charge is 2.23. The number of hydrogen-bond acceptors (Lipinski definition) is 11. The molecule has 3 N–H and O–H groups in total. The lowest BCUT2D eigenvalue weighted by atomic mass is 10.2. The summed E-state index contributed by atoms with van der Waals surface area (Å²) < 4.78 is 29.7. The van der Waals surface area contributed by atoms with E-state index >= 15 is 0 Å². The van der Waals surface area contributed by atoms with Crippen molar-refractivity contribution in [3.63, 3.8) is 0 Å². The van der Waals surface area contributed by atoms with Crippen LogP contribution in [0.4, 0.5) is 16.0 Å². The molecule has 0 saturated carbocycles. The van der Waals surface area contributed by atoms with Crippen molar-refractivity contribution in [3.8, 4) is 17.3 Å². The second kappa shape index (κ2) is 9.63. The second-order valence-electron chi connectivity index (χ2n) is 9.63. The van der Waals surface area contributed by atoms with Crippen LogP contribution in [-0.4, -0.2) is 81.0 Å². The molecule has 39 heavy (non-hydrogen) atoms. The standard InChI is InChI=1S/C25H26FN9O3S/c26-17-12-15(38-16-13-28-14-16)3-4-18(17)33-8-5-32(6-9-33)7-10-34-22-20(39-25(34)36)23-29-21(19-2-1-11-37-19)31-35(23)24(27)30-22/h1-4,11-12,16,28H,5-10,13-14H2,(H2,27,30). The summed E-state index contributed by atoms with van der Waals surface area (Å²) in [4.78, 5) is 26.2. The van der Waals surface area contributed by atoms with Gasteiger partial charge in [0, 0.05) is 58.4 Å². The summed E-state index contributed by atoms with van der Waals surface area (Å²) in [6, 6.07) is 8.61. The number of furan rings is 1. The third kappa shape index (κ3) is 4.39. The zero-order chi connectivity index (χ0) is 26.5. The van der Waals surface area contributed by atoms with E-state index in [4.69, 9.17) is 14.9 Å². The molecule has 0 radical (unpaired) electrons. The van der Waals surface area contributed by atoms with Gasteiger partial charge in [-0.05, 0) is 24.3 Å². The summed E-state index contributed by atoms with van der Waals surface area (Å²) in [5.41, 5.74) is 7.73. The predicted molar refractivity (Wildman–Crippen MR) is 145 cm³/mol. The fourth-order valence-corrected chi connectivity index (χ4v) is 5.88. The van der Waals surface area contributed by atoms with Crippen molar-refractivity contribution in [1.82, 2.24) is 34.4 Å². The van der Waals surface area contributed by atoms with Crippen LogP contribution in [0.25, 0.3) is 27.6 Å². The van der Waals surface area contributed by atoms with Crippen molar-refractivity contribution >= 4 is 39.0 Å². The molecule has 6 heterocycles. The van der Waals surface area contributed by atoms with Gasteiger partial charge in [-0.3, -0.25) is 14.3 Å². The van der Waals surface area contributed by atoms with Gasteiger partial charge in [0.15, 0.2) is 17.1 Å². The molecule has 202 valence electrons. The number of ether oxygens (including phenoxy) is 1. The molecule has 0 aliphatic carbocycles. The van der Waals surface area contributed by atoms with Crippen LogP contribution in [0, 0.1) is 5.82 Å². The van der Waals surface area contributed by atoms with Gasteiger partial charge in [-0.2, -0.15) is 9.50 Å². The fourth-order valence-electron chi connectivity index (χ4n) is 4.95. The van der Waals surface area contributed by atoms with Crippen molar-refractivity contribution in [3.05, 3.63) is 52.1 Å². The van der Waals surface area contributed by atoms with Gasteiger partial charge in [0.2, 0.25) is 11.8 Å². The average Bonchev–Trinajstić information content (AvgIpc) is 3.65. The number of thiazole rings is 1. The van der Waals surface area contributed by atoms with Crippen LogP contribution in [-0.2, 0) is 6.54 Å². The van der Waals surface area contributed by atoms with Crippen LogP contribution in [0.1, 0.15) is 0 Å². The van der Waals surface area contributed by atoms with Crippen molar-refractivity contribution in [2.75, 3.05) is 56.4 Å². The molecule has 2 aliphatic heterocycles. The molecule has 2 aliphatic rings. The van der Waals surface area contributed by atoms with Gasteiger partial charge in [0.1, 0.15) is 22.4 Å². The number of nitrogens with two attached hydrogens (primary N) is 1. The van der Waals surface area contributed by atoms with Gasteiger partial charge in [-0.15, -0.1) is 5.10 Å². The Hall–Kier alpha value is -4.01. The highest BCUT2D eigenvalue weighted by Crippen LogP contribution is 2.27. The predicted octanol–water partition coefficient (Wildman–Crippen LogP) is 1.65. The number of nitrogens with zero attached hydrogens (tertiary/aromatic N) is 7. The maximum atomic E-state index is 14.8. The van der Waals surface area contributed by atoms with Crippen molar-refractivity contribution in [2.24, 2.45) is 0 Å². The zero-order valence-electron chi connectivity index (χ0n) is 20.9. The topological polar surface area (TPSA) is 132 Å². The molecule has 14 heteroatoms. The van der Waals surface area contributed by atoms with Gasteiger partial charge >= 0.3 is 4.87 Å². The molecule has 4 aromatic heterocycles. The first-order chi connectivity index (χ1) is 19.0. The molecule has 1 aromatic carbocycles. The Labute approximate surface area is 225 Å². The maximum absolute atomic E-state index is 14.8. The lowest BCUT2D eigenvalue weighted by Gasteiger charge is -2.36. The van der Waals surface area contributed by atoms with E-state index in [1.54, 1.807) is 29.0 Å². The SMILES string of the molecule is Nc1nc2c(sc(=O)n2CCN2CCN(c3ccc(OC4CNC4)cc3F)CC2)c2nc(-c3ccco3)nn12. The molecule has 5 aromatic rings. The molecule has 2 saturated heterocycles. The highest BCUT2D eigenvalue weighted by molar-refractivity contribution is 7.17. The molecule has 0 unspecified atom stereocenters. The minimum absolute atomic E-state index is 0.111. The quantitative estimate of drug-likeness (QED) is 0.308. The molecule has 0 amide bonds. The highest BCUT2D eigenvalue weighted by atomic mass is 32.1. The number of piperazine rings is 1. The number of nitrogens with one attached hydrogen (secondary N) is 1. The lowest BCUT2D eigenvalue weighted by molar-refractivity contribution is 0.142. The molecule has 0 spiro atoms. The molecule has 2 fully saturated rings. The summed E-state index contributed by atoms with van der Waals surface area (Å²) >= 11 is 1.08. The monoisotopic (exact) mass is 551 g/mol. The van der Waals surface area contributed by atoms with Crippen LogP contribution in [0.5, 0.6) is 5.75 Å². The Morgan fingerprint density at radius 3 is 2.69 bits per heavy atom. The smallest absolute Gasteiger partial charge is 0.309 e. The lowest BCUT2D eigenvalue weighted by Crippen LogP contribution is -2.50. The Balaban J connectivity index is 1.03. The third-order valence-corrected chi connectivity index (χ3v) is 8.14. The largest absolute Gasteiger partial charge is 0.488 e. The Morgan fingerprint density at radius 2 is 1.97 bits per heavy atom. The molecule has 0 atom stereocenters. The van der Waals surface area contributed by atoms with Crippen LogP contribution in [0.2, 0.25) is 0 Å². The normalized spacial score (nSPS) is 16.8. The number of hydrogen-bond donors (Lipinski definition) is 2. The molecular weight excluding hydrogens is 525 g/mol. The van der Waals surface area contributed by atoms with Gasteiger partial charge in [-0.1, -0.05) is 11.3 Å². The average molecular weight is 552 g/mol. The second-order valence-corrected chi connectivity index (χ2v) is 10.6. The van der Waals surface area contributed by atoms with E-state index < -0.39 is 0 Å². The number of rotatable bonds is 7. The summed E-state index contributed by atoms with van der Waals surface area (Å²) in [7, 11) is 0. The van der Waals surface area contributed by atoms with E-state index in [-0.39, 0.29) is 22.7 Å². The fraction of sp³-hybridized carbons (Fsp3) is 0.360. The van der Waals surface area contributed by atoms with Crippen LogP contribution in [0.15, 0.2) is 45.8 Å². The first-order valence-corrected chi connectivity index (χ1v) is 13.6. The first kappa shape index (κ1) is 24.1. The number of benzene rings is 1. The molecule has 7 rings (SSSR count). The van der Waals surface area contributed by atoms with E-state index in [0.717, 1.165) is 37.5 Å². The zero-order valence-corrected chi connectivity index (χ0v) is 21.7. The van der Waals surface area contributed by atoms with Gasteiger partial charge < -0.3 is 25.1 Å².